The summed E-state index contributed by atoms with van der Waals surface area (Å²) in [4.78, 5) is 18.7. The molecule has 2 heterocycles. The van der Waals surface area contributed by atoms with Gasteiger partial charge in [0.05, 0.1) is 5.69 Å². The molecule has 0 unspecified atom stereocenters. The van der Waals surface area contributed by atoms with Gasteiger partial charge in [0.1, 0.15) is 10.0 Å². The van der Waals surface area contributed by atoms with Gasteiger partial charge in [-0.05, 0) is 12.1 Å². The fourth-order valence-electron chi connectivity index (χ4n) is 1.08. The average Bonchev–Trinajstić information content (AvgIpc) is 2.62. The molecule has 0 atom stereocenters. The highest BCUT2D eigenvalue weighted by Gasteiger charge is 2.16. The topological polar surface area (TPSA) is 89.1 Å². The summed E-state index contributed by atoms with van der Waals surface area (Å²) < 4.78 is 0. The lowest BCUT2D eigenvalue weighted by Crippen LogP contribution is -2.00. The van der Waals surface area contributed by atoms with E-state index in [0.29, 0.717) is 10.7 Å². The Bertz CT molecular complexity index is 495. The monoisotopic (exact) mass is 221 g/mol. The van der Waals surface area contributed by atoms with Crippen LogP contribution in [-0.4, -0.2) is 21.0 Å². The molecule has 0 spiro atoms. The minimum absolute atomic E-state index is 0.111. The normalized spacial score (nSPS) is 10.1. The third kappa shape index (κ3) is 1.79. The third-order valence-corrected chi connectivity index (χ3v) is 2.65. The Labute approximate surface area is 89.2 Å². The quantitative estimate of drug-likeness (QED) is 0.801. The molecule has 0 radical (unpaired) electrons. The van der Waals surface area contributed by atoms with E-state index in [2.05, 4.69) is 9.97 Å². The highest BCUT2D eigenvalue weighted by atomic mass is 32.1. The molecule has 0 amide bonds. The van der Waals surface area contributed by atoms with Crippen molar-refractivity contribution in [1.82, 2.24) is 9.97 Å². The van der Waals surface area contributed by atoms with Crippen LogP contribution >= 0.6 is 11.3 Å². The molecule has 76 valence electrons. The van der Waals surface area contributed by atoms with Crippen molar-refractivity contribution in [3.63, 3.8) is 0 Å². The van der Waals surface area contributed by atoms with E-state index in [1.54, 1.807) is 24.4 Å². The number of carboxylic acids is 1. The minimum Gasteiger partial charge on any atom is -0.476 e. The molecule has 2 aromatic heterocycles. The molecule has 5 nitrogen and oxygen atoms in total. The van der Waals surface area contributed by atoms with Gasteiger partial charge in [-0.25, -0.2) is 9.78 Å². The third-order valence-electron chi connectivity index (χ3n) is 1.74. The van der Waals surface area contributed by atoms with E-state index in [0.717, 1.165) is 11.3 Å². The van der Waals surface area contributed by atoms with Crippen molar-refractivity contribution in [3.8, 4) is 10.7 Å². The van der Waals surface area contributed by atoms with E-state index in [1.807, 2.05) is 0 Å². The molecular weight excluding hydrogens is 214 g/mol. The molecule has 0 aliphatic heterocycles. The van der Waals surface area contributed by atoms with Crippen molar-refractivity contribution in [2.75, 3.05) is 5.73 Å². The smallest absolute Gasteiger partial charge is 0.357 e. The number of hydrogen-bond donors (Lipinski definition) is 2. The predicted octanol–water partition coefficient (Wildman–Crippen LogP) is 1.49. The Morgan fingerprint density at radius 2 is 2.27 bits per heavy atom. The summed E-state index contributed by atoms with van der Waals surface area (Å²) in [5, 5.41) is 9.49. The summed E-state index contributed by atoms with van der Waals surface area (Å²) in [6.07, 6.45) is 1.62. The minimum atomic E-state index is -1.12. The number of hydrogen-bond acceptors (Lipinski definition) is 5. The molecule has 0 bridgehead atoms. The summed E-state index contributed by atoms with van der Waals surface area (Å²) in [7, 11) is 0. The van der Waals surface area contributed by atoms with Crippen LogP contribution in [0.2, 0.25) is 0 Å². The summed E-state index contributed by atoms with van der Waals surface area (Å²) in [6.45, 7) is 0. The molecule has 0 fully saturated rings. The molecule has 0 aliphatic rings. The molecule has 2 aromatic rings. The number of nitrogen functional groups attached to an aromatic ring is 1. The van der Waals surface area contributed by atoms with E-state index in [1.165, 1.54) is 0 Å². The zero-order valence-corrected chi connectivity index (χ0v) is 8.36. The van der Waals surface area contributed by atoms with Crippen molar-refractivity contribution in [2.24, 2.45) is 0 Å². The van der Waals surface area contributed by atoms with Gasteiger partial charge in [0.15, 0.2) is 5.69 Å². The molecule has 3 N–H and O–H groups in total. The van der Waals surface area contributed by atoms with Crippen LogP contribution in [0.5, 0.6) is 0 Å². The Hall–Kier alpha value is -1.95. The lowest BCUT2D eigenvalue weighted by atomic mass is 10.3. The Balaban J connectivity index is 2.48. The second-order valence-electron chi connectivity index (χ2n) is 2.75. The highest BCUT2D eigenvalue weighted by molar-refractivity contribution is 7.19. The van der Waals surface area contributed by atoms with E-state index in [-0.39, 0.29) is 10.7 Å². The number of pyridine rings is 1. The first-order valence-electron chi connectivity index (χ1n) is 4.09. The van der Waals surface area contributed by atoms with E-state index in [9.17, 15) is 4.79 Å². The van der Waals surface area contributed by atoms with Crippen molar-refractivity contribution < 1.29 is 9.90 Å². The van der Waals surface area contributed by atoms with Crippen LogP contribution in [0.3, 0.4) is 0 Å². The molecule has 6 heteroatoms. The first-order valence-corrected chi connectivity index (χ1v) is 4.91. The SMILES string of the molecule is Nc1sc(-c2ccccn2)nc1C(=O)O. The van der Waals surface area contributed by atoms with Crippen molar-refractivity contribution in [2.45, 2.75) is 0 Å². The van der Waals surface area contributed by atoms with Crippen LogP contribution in [0.25, 0.3) is 10.7 Å². The lowest BCUT2D eigenvalue weighted by molar-refractivity contribution is 0.0692. The molecule has 15 heavy (non-hydrogen) atoms. The maximum atomic E-state index is 10.7. The number of rotatable bonds is 2. The zero-order chi connectivity index (χ0) is 10.8. The Kier molecular flexibility index (Phi) is 2.34. The maximum absolute atomic E-state index is 10.7. The number of thiazole rings is 1. The van der Waals surface area contributed by atoms with Crippen molar-refractivity contribution >= 4 is 22.3 Å². The number of aromatic nitrogens is 2. The summed E-state index contributed by atoms with van der Waals surface area (Å²) in [5.74, 6) is -1.12. The number of anilines is 1. The second-order valence-corrected chi connectivity index (χ2v) is 3.78. The first kappa shape index (κ1) is 9.60. The number of carboxylic acid groups (broad SMARTS) is 1. The van der Waals surface area contributed by atoms with Gasteiger partial charge in [-0.2, -0.15) is 0 Å². The maximum Gasteiger partial charge on any atom is 0.357 e. The van der Waals surface area contributed by atoms with Crippen molar-refractivity contribution in [1.29, 1.82) is 0 Å². The average molecular weight is 221 g/mol. The van der Waals surface area contributed by atoms with Crippen LogP contribution in [0.1, 0.15) is 10.5 Å². The van der Waals surface area contributed by atoms with Gasteiger partial charge < -0.3 is 10.8 Å². The van der Waals surface area contributed by atoms with Crippen LogP contribution in [0.4, 0.5) is 5.00 Å². The largest absolute Gasteiger partial charge is 0.476 e. The molecule has 2 rings (SSSR count). The molecule has 0 aromatic carbocycles. The van der Waals surface area contributed by atoms with Crippen LogP contribution < -0.4 is 5.73 Å². The predicted molar refractivity (Wildman–Crippen MR) is 56.7 cm³/mol. The number of nitrogens with two attached hydrogens (primary N) is 1. The Morgan fingerprint density at radius 3 is 2.80 bits per heavy atom. The summed E-state index contributed by atoms with van der Waals surface area (Å²) in [5.41, 5.74) is 6.04. The van der Waals surface area contributed by atoms with Gasteiger partial charge in [0, 0.05) is 6.20 Å². The first-order chi connectivity index (χ1) is 7.18. The second kappa shape index (κ2) is 3.66. The number of nitrogens with zero attached hydrogens (tertiary/aromatic N) is 2. The van der Waals surface area contributed by atoms with Crippen LogP contribution in [-0.2, 0) is 0 Å². The zero-order valence-electron chi connectivity index (χ0n) is 7.54. The van der Waals surface area contributed by atoms with Crippen LogP contribution in [0, 0.1) is 0 Å². The van der Waals surface area contributed by atoms with Gasteiger partial charge in [-0.3, -0.25) is 4.98 Å². The molecule has 0 saturated carbocycles. The molecule has 0 aliphatic carbocycles. The highest BCUT2D eigenvalue weighted by Crippen LogP contribution is 2.28. The van der Waals surface area contributed by atoms with E-state index in [4.69, 9.17) is 10.8 Å². The summed E-state index contributed by atoms with van der Waals surface area (Å²) >= 11 is 1.12. The molecular formula is C9H7N3O2S. The van der Waals surface area contributed by atoms with Gasteiger partial charge in [-0.1, -0.05) is 17.4 Å². The van der Waals surface area contributed by atoms with E-state index < -0.39 is 5.97 Å². The van der Waals surface area contributed by atoms with Crippen molar-refractivity contribution in [3.05, 3.63) is 30.1 Å². The number of aromatic carboxylic acids is 1. The lowest BCUT2D eigenvalue weighted by Gasteiger charge is -1.91. The number of carbonyl (C=O) groups is 1. The van der Waals surface area contributed by atoms with Crippen LogP contribution in [0.15, 0.2) is 24.4 Å². The Morgan fingerprint density at radius 1 is 1.47 bits per heavy atom. The standard InChI is InChI=1S/C9H7N3O2S/c10-7-6(9(13)14)12-8(15-7)5-3-1-2-4-11-5/h1-4H,10H2,(H,13,14). The van der Waals surface area contributed by atoms with Gasteiger partial charge >= 0.3 is 5.97 Å². The molecule has 0 saturated heterocycles. The van der Waals surface area contributed by atoms with Gasteiger partial charge in [0.25, 0.3) is 0 Å². The van der Waals surface area contributed by atoms with E-state index >= 15 is 0 Å². The van der Waals surface area contributed by atoms with Gasteiger partial charge in [0.2, 0.25) is 0 Å². The fourth-order valence-corrected chi connectivity index (χ4v) is 1.88. The fraction of sp³-hybridized carbons (Fsp3) is 0. The summed E-state index contributed by atoms with van der Waals surface area (Å²) in [6, 6.07) is 5.34. The van der Waals surface area contributed by atoms with Gasteiger partial charge in [-0.15, -0.1) is 0 Å².